The fraction of sp³-hybridized carbons (Fsp3) is 0.455. The summed E-state index contributed by atoms with van der Waals surface area (Å²) in [5.41, 5.74) is 0. The fourth-order valence-corrected chi connectivity index (χ4v) is 4.86. The van der Waals surface area contributed by atoms with Gasteiger partial charge in [-0.3, -0.25) is 0 Å². The van der Waals surface area contributed by atoms with Gasteiger partial charge in [-0.1, -0.05) is 29.3 Å². The number of hydrogen-bond donors (Lipinski definition) is 1. The molecule has 0 aliphatic heterocycles. The number of nitrogens with one attached hydrogen (secondary N) is 1. The van der Waals surface area contributed by atoms with Crippen molar-refractivity contribution in [3.63, 3.8) is 0 Å². The van der Waals surface area contributed by atoms with Gasteiger partial charge in [0.05, 0.1) is 4.90 Å². The number of rotatable bonds is 4. The molecule has 0 saturated heterocycles. The Morgan fingerprint density at radius 2 is 2.12 bits per heavy atom. The second-order valence-electron chi connectivity index (χ2n) is 4.21. The highest BCUT2D eigenvalue weighted by molar-refractivity contribution is 9.11. The highest BCUT2D eigenvalue weighted by atomic mass is 79.9. The van der Waals surface area contributed by atoms with Gasteiger partial charge < -0.3 is 0 Å². The summed E-state index contributed by atoms with van der Waals surface area (Å²) in [4.78, 5) is 0.294. The second-order valence-corrected chi connectivity index (χ2v) is 7.66. The van der Waals surface area contributed by atoms with Crippen molar-refractivity contribution in [1.29, 1.82) is 0 Å². The van der Waals surface area contributed by atoms with Crippen LogP contribution < -0.4 is 4.72 Å². The summed E-state index contributed by atoms with van der Waals surface area (Å²) in [6.07, 6.45) is 1.97. The van der Waals surface area contributed by atoms with Crippen LogP contribution in [0, 0.1) is 5.92 Å². The molecule has 1 fully saturated rings. The van der Waals surface area contributed by atoms with Crippen LogP contribution in [-0.4, -0.2) is 14.5 Å². The van der Waals surface area contributed by atoms with Crippen molar-refractivity contribution in [1.82, 2.24) is 4.72 Å². The molecule has 0 radical (unpaired) electrons. The minimum atomic E-state index is -3.41. The Balaban J connectivity index is 2.20. The van der Waals surface area contributed by atoms with Gasteiger partial charge in [0.15, 0.2) is 0 Å². The Morgan fingerprint density at radius 1 is 1.41 bits per heavy atom. The smallest absolute Gasteiger partial charge is 0.208 e. The standard InChI is InChI=1S/C11H13Br2NO2S/c1-2-7-5-10(7)14-17(15,16)11-4-3-8(12)6-9(11)13/h3-4,6-7,10,14H,2,5H2,1H3. The van der Waals surface area contributed by atoms with Crippen LogP contribution in [0.15, 0.2) is 32.0 Å². The summed E-state index contributed by atoms with van der Waals surface area (Å²) >= 11 is 6.58. The molecule has 2 rings (SSSR count). The van der Waals surface area contributed by atoms with Gasteiger partial charge in [-0.05, 0) is 46.5 Å². The fourth-order valence-electron chi connectivity index (χ4n) is 1.80. The Kier molecular flexibility index (Phi) is 3.97. The average Bonchev–Trinajstić information content (AvgIpc) is 2.94. The van der Waals surface area contributed by atoms with E-state index < -0.39 is 10.0 Å². The first-order chi connectivity index (χ1) is 7.94. The van der Waals surface area contributed by atoms with E-state index in [1.165, 1.54) is 0 Å². The Morgan fingerprint density at radius 3 is 2.65 bits per heavy atom. The normalized spacial score (nSPS) is 23.7. The summed E-state index contributed by atoms with van der Waals surface area (Å²) in [6.45, 7) is 2.08. The maximum Gasteiger partial charge on any atom is 0.241 e. The first-order valence-corrected chi connectivity index (χ1v) is 8.48. The maximum atomic E-state index is 12.1. The van der Waals surface area contributed by atoms with Gasteiger partial charge >= 0.3 is 0 Å². The topological polar surface area (TPSA) is 46.2 Å². The van der Waals surface area contributed by atoms with E-state index in [1.54, 1.807) is 18.2 Å². The molecule has 0 aromatic heterocycles. The second kappa shape index (κ2) is 4.99. The molecule has 1 saturated carbocycles. The summed E-state index contributed by atoms with van der Waals surface area (Å²) in [7, 11) is -3.41. The van der Waals surface area contributed by atoms with E-state index in [2.05, 4.69) is 43.5 Å². The molecule has 2 atom stereocenters. The van der Waals surface area contributed by atoms with Crippen LogP contribution in [0.1, 0.15) is 19.8 Å². The monoisotopic (exact) mass is 381 g/mol. The maximum absolute atomic E-state index is 12.1. The molecule has 1 aliphatic carbocycles. The van der Waals surface area contributed by atoms with E-state index in [9.17, 15) is 8.42 Å². The van der Waals surface area contributed by atoms with Gasteiger partial charge in [0, 0.05) is 15.0 Å². The predicted molar refractivity (Wildman–Crippen MR) is 74.3 cm³/mol. The molecule has 0 spiro atoms. The molecule has 1 aromatic rings. The van der Waals surface area contributed by atoms with E-state index in [4.69, 9.17) is 0 Å². The number of hydrogen-bond acceptors (Lipinski definition) is 2. The molecule has 0 bridgehead atoms. The van der Waals surface area contributed by atoms with E-state index >= 15 is 0 Å². The molecule has 2 unspecified atom stereocenters. The lowest BCUT2D eigenvalue weighted by atomic mass is 10.3. The summed E-state index contributed by atoms with van der Waals surface area (Å²) in [5, 5.41) is 0. The van der Waals surface area contributed by atoms with E-state index in [-0.39, 0.29) is 6.04 Å². The molecular weight excluding hydrogens is 370 g/mol. The van der Waals surface area contributed by atoms with Gasteiger partial charge in [0.1, 0.15) is 0 Å². The predicted octanol–water partition coefficient (Wildman–Crippen LogP) is 3.29. The van der Waals surface area contributed by atoms with Crippen LogP contribution in [-0.2, 0) is 10.0 Å². The molecule has 1 aromatic carbocycles. The number of benzene rings is 1. The molecule has 1 aliphatic rings. The van der Waals surface area contributed by atoms with E-state index in [1.807, 2.05) is 0 Å². The van der Waals surface area contributed by atoms with Crippen LogP contribution in [0.3, 0.4) is 0 Å². The highest BCUT2D eigenvalue weighted by Crippen LogP contribution is 2.35. The quantitative estimate of drug-likeness (QED) is 0.868. The van der Waals surface area contributed by atoms with Crippen molar-refractivity contribution in [3.8, 4) is 0 Å². The molecule has 6 heteroatoms. The van der Waals surface area contributed by atoms with Crippen LogP contribution in [0.5, 0.6) is 0 Å². The molecule has 3 nitrogen and oxygen atoms in total. The minimum absolute atomic E-state index is 0.112. The van der Waals surface area contributed by atoms with Crippen LogP contribution in [0.2, 0.25) is 0 Å². The van der Waals surface area contributed by atoms with Crippen LogP contribution in [0.25, 0.3) is 0 Å². The van der Waals surface area contributed by atoms with Gasteiger partial charge in [-0.25, -0.2) is 13.1 Å². The van der Waals surface area contributed by atoms with Crippen molar-refractivity contribution < 1.29 is 8.42 Å². The van der Waals surface area contributed by atoms with Gasteiger partial charge in [-0.2, -0.15) is 0 Å². The number of sulfonamides is 1. The largest absolute Gasteiger partial charge is 0.241 e. The molecule has 17 heavy (non-hydrogen) atoms. The van der Waals surface area contributed by atoms with Crippen molar-refractivity contribution >= 4 is 41.9 Å². The zero-order valence-corrected chi connectivity index (χ0v) is 13.3. The molecule has 1 N–H and O–H groups in total. The third kappa shape index (κ3) is 3.10. The van der Waals surface area contributed by atoms with E-state index in [0.717, 1.165) is 17.3 Å². The Bertz CT molecular complexity index is 530. The Hall–Kier alpha value is 0.0900. The van der Waals surface area contributed by atoms with Crippen LogP contribution >= 0.6 is 31.9 Å². The molecule has 94 valence electrons. The first kappa shape index (κ1) is 13.5. The van der Waals surface area contributed by atoms with Gasteiger partial charge in [0.2, 0.25) is 10.0 Å². The van der Waals surface area contributed by atoms with Crippen molar-refractivity contribution in [3.05, 3.63) is 27.1 Å². The third-order valence-corrected chi connectivity index (χ3v) is 5.90. The lowest BCUT2D eigenvalue weighted by Gasteiger charge is -2.08. The third-order valence-electron chi connectivity index (χ3n) is 2.94. The summed E-state index contributed by atoms with van der Waals surface area (Å²) in [5.74, 6) is 0.499. The number of halogens is 2. The van der Waals surface area contributed by atoms with Crippen molar-refractivity contribution in [2.75, 3.05) is 0 Å². The zero-order chi connectivity index (χ0) is 12.6. The lowest BCUT2D eigenvalue weighted by molar-refractivity contribution is 0.575. The molecule has 0 amide bonds. The molecular formula is C11H13Br2NO2S. The summed E-state index contributed by atoms with van der Waals surface area (Å²) < 4.78 is 28.4. The lowest BCUT2D eigenvalue weighted by Crippen LogP contribution is -2.27. The van der Waals surface area contributed by atoms with Gasteiger partial charge in [-0.15, -0.1) is 0 Å². The Labute approximate surface area is 118 Å². The minimum Gasteiger partial charge on any atom is -0.208 e. The van der Waals surface area contributed by atoms with Crippen LogP contribution in [0.4, 0.5) is 0 Å². The SMILES string of the molecule is CCC1CC1NS(=O)(=O)c1ccc(Br)cc1Br. The average molecular weight is 383 g/mol. The first-order valence-electron chi connectivity index (χ1n) is 5.41. The van der Waals surface area contributed by atoms with Gasteiger partial charge in [0.25, 0.3) is 0 Å². The highest BCUT2D eigenvalue weighted by Gasteiger charge is 2.38. The zero-order valence-electron chi connectivity index (χ0n) is 9.28. The molecule has 0 heterocycles. The van der Waals surface area contributed by atoms with Crippen molar-refractivity contribution in [2.24, 2.45) is 5.92 Å². The summed E-state index contributed by atoms with van der Waals surface area (Å²) in [6, 6.07) is 5.17. The van der Waals surface area contributed by atoms with E-state index in [0.29, 0.717) is 15.3 Å². The van der Waals surface area contributed by atoms with Crippen molar-refractivity contribution in [2.45, 2.75) is 30.7 Å².